The number of hydrogen-bond donors (Lipinski definition) is 2. The molecule has 4 aliphatic carbocycles. The zero-order valence-electron chi connectivity index (χ0n) is 20.8. The first-order chi connectivity index (χ1) is 13.9. The van der Waals surface area contributed by atoms with Crippen LogP contribution in [0.25, 0.3) is 0 Å². The van der Waals surface area contributed by atoms with Crippen molar-refractivity contribution in [2.45, 2.75) is 130 Å². The smallest absolute Gasteiger partial charge is 0.0622 e. The molecule has 0 aromatic carbocycles. The van der Waals surface area contributed by atoms with Crippen molar-refractivity contribution < 1.29 is 10.2 Å². The molecule has 2 unspecified atom stereocenters. The molecular formula is C28H50O2. The van der Waals surface area contributed by atoms with Crippen LogP contribution in [0.3, 0.4) is 0 Å². The Labute approximate surface area is 186 Å². The molecule has 0 aromatic heterocycles. The van der Waals surface area contributed by atoms with E-state index in [2.05, 4.69) is 34.6 Å². The van der Waals surface area contributed by atoms with Crippen LogP contribution in [-0.4, -0.2) is 21.4 Å². The predicted molar refractivity (Wildman–Crippen MR) is 125 cm³/mol. The van der Waals surface area contributed by atoms with Crippen LogP contribution in [0.5, 0.6) is 0 Å². The topological polar surface area (TPSA) is 40.5 Å². The summed E-state index contributed by atoms with van der Waals surface area (Å²) in [7, 11) is 0. The van der Waals surface area contributed by atoms with Crippen LogP contribution in [0.1, 0.15) is 119 Å². The zero-order chi connectivity index (χ0) is 21.9. The van der Waals surface area contributed by atoms with E-state index in [-0.39, 0.29) is 0 Å². The van der Waals surface area contributed by atoms with Crippen molar-refractivity contribution in [3.05, 3.63) is 0 Å². The lowest BCUT2D eigenvalue weighted by molar-refractivity contribution is -0.148. The second kappa shape index (κ2) is 7.75. The van der Waals surface area contributed by atoms with Gasteiger partial charge in [0.2, 0.25) is 0 Å². The van der Waals surface area contributed by atoms with E-state index in [0.717, 1.165) is 61.2 Å². The van der Waals surface area contributed by atoms with Crippen LogP contribution in [0.2, 0.25) is 0 Å². The summed E-state index contributed by atoms with van der Waals surface area (Å²) in [6.45, 7) is 14.0. The van der Waals surface area contributed by atoms with Gasteiger partial charge >= 0.3 is 0 Å². The third-order valence-electron chi connectivity index (χ3n) is 11.6. The standard InChI is InChI=1S/C28H50O2/c1-7-25(3,29)14-12-19(2)22-10-11-23-21-9-8-20-18-26(4,30)16-17-27(20,5)24(21)13-15-28(22,23)6/h19-24,29-30H,7-18H2,1-6H3/t19-,20+,21+,22?,23+,24+,25?,26+,27+,28-/m1/s1. The van der Waals surface area contributed by atoms with Gasteiger partial charge < -0.3 is 10.2 Å². The lowest BCUT2D eigenvalue weighted by Crippen LogP contribution is -2.55. The monoisotopic (exact) mass is 418 g/mol. The molecule has 4 aliphatic rings. The molecule has 0 spiro atoms. The van der Waals surface area contributed by atoms with E-state index in [1.54, 1.807) is 0 Å². The quantitative estimate of drug-likeness (QED) is 0.506. The highest BCUT2D eigenvalue weighted by molar-refractivity contribution is 5.10. The van der Waals surface area contributed by atoms with E-state index >= 15 is 0 Å². The average molecular weight is 419 g/mol. The maximum absolute atomic E-state index is 10.7. The van der Waals surface area contributed by atoms with Gasteiger partial charge in [0.1, 0.15) is 0 Å². The summed E-state index contributed by atoms with van der Waals surface area (Å²) < 4.78 is 0. The van der Waals surface area contributed by atoms with Crippen molar-refractivity contribution in [3.8, 4) is 0 Å². The number of fused-ring (bicyclic) bond motifs is 5. The Balaban J connectivity index is 1.48. The molecular weight excluding hydrogens is 368 g/mol. The van der Waals surface area contributed by atoms with Gasteiger partial charge in [-0.1, -0.05) is 27.7 Å². The molecule has 0 saturated heterocycles. The van der Waals surface area contributed by atoms with Gasteiger partial charge in [-0.3, -0.25) is 0 Å². The molecule has 174 valence electrons. The van der Waals surface area contributed by atoms with E-state index < -0.39 is 11.2 Å². The molecule has 0 amide bonds. The van der Waals surface area contributed by atoms with Gasteiger partial charge in [-0.05, 0) is 137 Å². The molecule has 30 heavy (non-hydrogen) atoms. The van der Waals surface area contributed by atoms with E-state index in [1.807, 2.05) is 6.92 Å². The Hall–Kier alpha value is -0.0800. The minimum absolute atomic E-state index is 0.423. The zero-order valence-corrected chi connectivity index (χ0v) is 20.8. The number of rotatable bonds is 5. The molecule has 2 N–H and O–H groups in total. The van der Waals surface area contributed by atoms with Gasteiger partial charge in [0.15, 0.2) is 0 Å². The van der Waals surface area contributed by atoms with Crippen LogP contribution in [-0.2, 0) is 0 Å². The van der Waals surface area contributed by atoms with Gasteiger partial charge in [-0.25, -0.2) is 0 Å². The molecule has 0 aromatic rings. The summed E-state index contributed by atoms with van der Waals surface area (Å²) in [6, 6.07) is 0. The first-order valence-corrected chi connectivity index (χ1v) is 13.4. The summed E-state index contributed by atoms with van der Waals surface area (Å²) in [4.78, 5) is 0. The summed E-state index contributed by atoms with van der Waals surface area (Å²) in [5.74, 6) is 5.03. The van der Waals surface area contributed by atoms with E-state index in [1.165, 1.54) is 51.4 Å². The Morgan fingerprint density at radius 1 is 0.933 bits per heavy atom. The van der Waals surface area contributed by atoms with Crippen molar-refractivity contribution in [1.82, 2.24) is 0 Å². The molecule has 4 fully saturated rings. The molecule has 2 heteroatoms. The van der Waals surface area contributed by atoms with Crippen LogP contribution >= 0.6 is 0 Å². The fourth-order valence-electron chi connectivity index (χ4n) is 9.32. The average Bonchev–Trinajstić information content (AvgIpc) is 3.04. The Kier molecular flexibility index (Phi) is 5.97. The van der Waals surface area contributed by atoms with Gasteiger partial charge in [0.25, 0.3) is 0 Å². The summed E-state index contributed by atoms with van der Waals surface area (Å²) in [6.07, 6.45) is 14.7. The fraction of sp³-hybridized carbons (Fsp3) is 1.00. The maximum Gasteiger partial charge on any atom is 0.0622 e. The highest BCUT2D eigenvalue weighted by Gasteiger charge is 2.61. The van der Waals surface area contributed by atoms with Gasteiger partial charge in [-0.2, -0.15) is 0 Å². The SMILES string of the molecule is CCC(C)(O)CC[C@@H](C)C1CC[C@H]2[C@@H]3CC[C@H]4C[C@@](C)(O)CC[C@]4(C)[C@H]3CC[C@]12C. The normalized spacial score (nSPS) is 51.4. The second-order valence-corrected chi connectivity index (χ2v) is 13.5. The summed E-state index contributed by atoms with van der Waals surface area (Å²) >= 11 is 0. The molecule has 4 saturated carbocycles. The molecule has 10 atom stereocenters. The van der Waals surface area contributed by atoms with Crippen molar-refractivity contribution in [1.29, 1.82) is 0 Å². The second-order valence-electron chi connectivity index (χ2n) is 13.5. The van der Waals surface area contributed by atoms with Crippen LogP contribution in [0.15, 0.2) is 0 Å². The number of hydrogen-bond acceptors (Lipinski definition) is 2. The molecule has 0 heterocycles. The minimum Gasteiger partial charge on any atom is -0.390 e. The summed E-state index contributed by atoms with van der Waals surface area (Å²) in [5.41, 5.74) is 0.0752. The minimum atomic E-state index is -0.486. The first kappa shape index (κ1) is 23.1. The number of aliphatic hydroxyl groups is 2. The van der Waals surface area contributed by atoms with Gasteiger partial charge in [0, 0.05) is 0 Å². The van der Waals surface area contributed by atoms with E-state index in [0.29, 0.717) is 10.8 Å². The molecule has 2 nitrogen and oxygen atoms in total. The Bertz CT molecular complexity index is 624. The fourth-order valence-corrected chi connectivity index (χ4v) is 9.32. The summed E-state index contributed by atoms with van der Waals surface area (Å²) in [5, 5.41) is 21.2. The Morgan fingerprint density at radius 2 is 1.63 bits per heavy atom. The third kappa shape index (κ3) is 3.81. The van der Waals surface area contributed by atoms with Crippen molar-refractivity contribution in [3.63, 3.8) is 0 Å². The molecule has 4 rings (SSSR count). The third-order valence-corrected chi connectivity index (χ3v) is 11.6. The highest BCUT2D eigenvalue weighted by atomic mass is 16.3. The highest BCUT2D eigenvalue weighted by Crippen LogP contribution is 2.68. The molecule has 0 bridgehead atoms. The maximum atomic E-state index is 10.7. The molecule has 0 radical (unpaired) electrons. The van der Waals surface area contributed by atoms with E-state index in [9.17, 15) is 10.2 Å². The van der Waals surface area contributed by atoms with E-state index in [4.69, 9.17) is 0 Å². The van der Waals surface area contributed by atoms with Gasteiger partial charge in [-0.15, -0.1) is 0 Å². The molecule has 0 aliphatic heterocycles. The van der Waals surface area contributed by atoms with Crippen molar-refractivity contribution in [2.75, 3.05) is 0 Å². The lowest BCUT2D eigenvalue weighted by Gasteiger charge is -2.62. The van der Waals surface area contributed by atoms with Crippen LogP contribution in [0, 0.1) is 46.3 Å². The predicted octanol–water partition coefficient (Wildman–Crippen LogP) is 6.97. The van der Waals surface area contributed by atoms with Crippen molar-refractivity contribution >= 4 is 0 Å². The van der Waals surface area contributed by atoms with Crippen molar-refractivity contribution in [2.24, 2.45) is 46.3 Å². The van der Waals surface area contributed by atoms with Gasteiger partial charge in [0.05, 0.1) is 11.2 Å². The van der Waals surface area contributed by atoms with Crippen LogP contribution in [0.4, 0.5) is 0 Å². The Morgan fingerprint density at radius 3 is 2.33 bits per heavy atom. The first-order valence-electron chi connectivity index (χ1n) is 13.4. The lowest BCUT2D eigenvalue weighted by atomic mass is 9.43. The van der Waals surface area contributed by atoms with Crippen LogP contribution < -0.4 is 0 Å². The largest absolute Gasteiger partial charge is 0.390 e.